The highest BCUT2D eigenvalue weighted by Gasteiger charge is 2.21. The van der Waals surface area contributed by atoms with Gasteiger partial charge in [-0.25, -0.2) is 20.0 Å². The molecule has 0 aromatic heterocycles. The number of nitrogens with one attached hydrogen (secondary N) is 3. The Labute approximate surface area is 201 Å². The first kappa shape index (κ1) is 23.1. The van der Waals surface area contributed by atoms with Crippen LogP contribution < -0.4 is 26.0 Å². The number of carbonyl (C=O) groups excluding carboxylic acids is 3. The molecule has 9 nitrogen and oxygen atoms in total. The summed E-state index contributed by atoms with van der Waals surface area (Å²) in [6, 6.07) is 21.0. The van der Waals surface area contributed by atoms with Crippen LogP contribution in [-0.4, -0.2) is 37.7 Å². The van der Waals surface area contributed by atoms with E-state index >= 15 is 0 Å². The fourth-order valence-corrected chi connectivity index (χ4v) is 3.42. The van der Waals surface area contributed by atoms with Gasteiger partial charge in [-0.3, -0.25) is 4.79 Å². The van der Waals surface area contributed by atoms with Gasteiger partial charge in [0.15, 0.2) is 0 Å². The lowest BCUT2D eigenvalue weighted by Gasteiger charge is -2.27. The number of morpholine rings is 1. The third-order valence-electron chi connectivity index (χ3n) is 4.95. The van der Waals surface area contributed by atoms with E-state index in [-0.39, 0.29) is 12.5 Å². The number of nitrogens with zero attached hydrogens (tertiary/aromatic N) is 2. The Balaban J connectivity index is 1.45. The van der Waals surface area contributed by atoms with Gasteiger partial charge in [-0.15, -0.1) is 0 Å². The van der Waals surface area contributed by atoms with Crippen molar-refractivity contribution >= 4 is 52.3 Å². The maximum absolute atomic E-state index is 13.1. The smallest absolute Gasteiger partial charge is 0.345 e. The number of urea groups is 2. The largest absolute Gasteiger partial charge is 0.370 e. The normalized spacial score (nSPS) is 13.2. The molecule has 5 amide bonds. The summed E-state index contributed by atoms with van der Waals surface area (Å²) in [5.41, 5.74) is 4.74. The molecule has 1 fully saturated rings. The van der Waals surface area contributed by atoms with Gasteiger partial charge in [0.1, 0.15) is 6.61 Å². The fourth-order valence-electron chi connectivity index (χ4n) is 3.30. The molecule has 34 heavy (non-hydrogen) atoms. The van der Waals surface area contributed by atoms with Crippen LogP contribution in [0.2, 0.25) is 5.02 Å². The summed E-state index contributed by atoms with van der Waals surface area (Å²) in [7, 11) is 0. The maximum atomic E-state index is 13.1. The van der Waals surface area contributed by atoms with Gasteiger partial charge in [-0.1, -0.05) is 29.8 Å². The first-order valence-electron chi connectivity index (χ1n) is 10.5. The van der Waals surface area contributed by atoms with Crippen molar-refractivity contribution in [1.29, 1.82) is 0 Å². The van der Waals surface area contributed by atoms with Gasteiger partial charge in [0, 0.05) is 28.6 Å². The average Bonchev–Trinajstić information content (AvgIpc) is 2.85. The molecule has 0 radical (unpaired) electrons. The number of anilines is 4. The molecule has 0 aliphatic carbocycles. The molecule has 4 rings (SSSR count). The lowest BCUT2D eigenvalue weighted by Crippen LogP contribution is -2.50. The molecule has 3 N–H and O–H groups in total. The quantitative estimate of drug-likeness (QED) is 0.480. The first-order chi connectivity index (χ1) is 16.5. The van der Waals surface area contributed by atoms with E-state index in [9.17, 15) is 14.4 Å². The third kappa shape index (κ3) is 5.83. The summed E-state index contributed by atoms with van der Waals surface area (Å²) in [6.07, 6.45) is 0. The van der Waals surface area contributed by atoms with E-state index in [2.05, 4.69) is 16.1 Å². The zero-order valence-corrected chi connectivity index (χ0v) is 18.8. The van der Waals surface area contributed by atoms with E-state index in [1.807, 2.05) is 0 Å². The zero-order chi connectivity index (χ0) is 23.9. The number of carbonyl (C=O) groups is 3. The molecule has 1 aliphatic heterocycles. The Morgan fingerprint density at radius 3 is 2.21 bits per heavy atom. The minimum atomic E-state index is -0.609. The second-order valence-corrected chi connectivity index (χ2v) is 7.76. The summed E-state index contributed by atoms with van der Waals surface area (Å²) >= 11 is 5.88. The standard InChI is InChI=1S/C24H22ClN5O4/c25-17-6-8-18(9-7-17)26-23(32)28-30(21-4-2-1-3-5-21)24(33)27-19-10-12-20(13-11-19)29-14-15-34-16-22(29)31/h1-13H,14-16H2,(H,27,33)(H2,26,28,32). The number of hydrazine groups is 1. The number of benzene rings is 3. The van der Waals surface area contributed by atoms with Crippen LogP contribution in [0.3, 0.4) is 0 Å². The Kier molecular flexibility index (Phi) is 7.26. The molecule has 0 atom stereocenters. The molecule has 0 unspecified atom stereocenters. The van der Waals surface area contributed by atoms with Gasteiger partial charge >= 0.3 is 12.1 Å². The average molecular weight is 480 g/mol. The van der Waals surface area contributed by atoms with Crippen LogP contribution in [0.15, 0.2) is 78.9 Å². The van der Waals surface area contributed by atoms with Crippen LogP contribution in [0.25, 0.3) is 0 Å². The molecule has 3 aromatic carbocycles. The molecule has 1 saturated heterocycles. The molecular weight excluding hydrogens is 458 g/mol. The molecular formula is C24H22ClN5O4. The minimum absolute atomic E-state index is 0.0499. The van der Waals surface area contributed by atoms with E-state index < -0.39 is 12.1 Å². The molecule has 1 heterocycles. The maximum Gasteiger partial charge on any atom is 0.345 e. The van der Waals surface area contributed by atoms with E-state index in [1.165, 1.54) is 0 Å². The number of hydrogen-bond acceptors (Lipinski definition) is 4. The molecule has 0 bridgehead atoms. The van der Waals surface area contributed by atoms with Crippen molar-refractivity contribution in [3.8, 4) is 0 Å². The van der Waals surface area contributed by atoms with Crippen molar-refractivity contribution in [2.75, 3.05) is 40.3 Å². The van der Waals surface area contributed by atoms with Crippen molar-refractivity contribution in [1.82, 2.24) is 5.43 Å². The lowest BCUT2D eigenvalue weighted by molar-refractivity contribution is -0.125. The topological polar surface area (TPSA) is 103 Å². The molecule has 10 heteroatoms. The minimum Gasteiger partial charge on any atom is -0.370 e. The van der Waals surface area contributed by atoms with Crippen molar-refractivity contribution < 1.29 is 19.1 Å². The molecule has 3 aromatic rings. The van der Waals surface area contributed by atoms with Gasteiger partial charge in [-0.2, -0.15) is 0 Å². The molecule has 0 spiro atoms. The number of amides is 5. The highest BCUT2D eigenvalue weighted by atomic mass is 35.5. The van der Waals surface area contributed by atoms with Crippen LogP contribution in [0, 0.1) is 0 Å². The Morgan fingerprint density at radius 1 is 0.882 bits per heavy atom. The van der Waals surface area contributed by atoms with E-state index in [0.717, 1.165) is 5.01 Å². The summed E-state index contributed by atoms with van der Waals surface area (Å²) in [5.74, 6) is -0.116. The first-order valence-corrected chi connectivity index (χ1v) is 10.8. The molecule has 1 aliphatic rings. The van der Waals surface area contributed by atoms with Gasteiger partial charge in [-0.05, 0) is 60.7 Å². The number of ether oxygens (including phenoxy) is 1. The van der Waals surface area contributed by atoms with Crippen LogP contribution in [-0.2, 0) is 9.53 Å². The third-order valence-corrected chi connectivity index (χ3v) is 5.20. The van der Waals surface area contributed by atoms with E-state index in [4.69, 9.17) is 16.3 Å². The van der Waals surface area contributed by atoms with Gasteiger partial charge < -0.3 is 20.3 Å². The Hall–Kier alpha value is -4.08. The van der Waals surface area contributed by atoms with Crippen LogP contribution in [0.4, 0.5) is 32.3 Å². The van der Waals surface area contributed by atoms with E-state index in [1.54, 1.807) is 83.8 Å². The van der Waals surface area contributed by atoms with Gasteiger partial charge in [0.2, 0.25) is 0 Å². The SMILES string of the molecule is O=C(Nc1ccc(Cl)cc1)NN(C(=O)Nc1ccc(N2CCOCC2=O)cc1)c1ccccc1. The summed E-state index contributed by atoms with van der Waals surface area (Å²) < 4.78 is 5.15. The van der Waals surface area contributed by atoms with E-state index in [0.29, 0.717) is 40.9 Å². The monoisotopic (exact) mass is 479 g/mol. The van der Waals surface area contributed by atoms with Crippen molar-refractivity contribution in [2.24, 2.45) is 0 Å². The summed E-state index contributed by atoms with van der Waals surface area (Å²) in [4.78, 5) is 39.3. The van der Waals surface area contributed by atoms with Crippen molar-refractivity contribution in [2.45, 2.75) is 0 Å². The Morgan fingerprint density at radius 2 is 1.53 bits per heavy atom. The predicted octanol–water partition coefficient (Wildman–Crippen LogP) is 4.48. The van der Waals surface area contributed by atoms with Crippen LogP contribution in [0.1, 0.15) is 0 Å². The van der Waals surface area contributed by atoms with Gasteiger partial charge in [0.25, 0.3) is 5.91 Å². The number of rotatable bonds is 4. The predicted molar refractivity (Wildman–Crippen MR) is 131 cm³/mol. The van der Waals surface area contributed by atoms with Crippen LogP contribution >= 0.6 is 11.6 Å². The van der Waals surface area contributed by atoms with Crippen molar-refractivity contribution in [3.63, 3.8) is 0 Å². The number of halogens is 1. The zero-order valence-electron chi connectivity index (χ0n) is 18.0. The Bertz CT molecular complexity index is 1160. The molecule has 174 valence electrons. The highest BCUT2D eigenvalue weighted by molar-refractivity contribution is 6.30. The van der Waals surface area contributed by atoms with Gasteiger partial charge in [0.05, 0.1) is 12.3 Å². The van der Waals surface area contributed by atoms with Crippen molar-refractivity contribution in [3.05, 3.63) is 83.9 Å². The second-order valence-electron chi connectivity index (χ2n) is 7.32. The molecule has 0 saturated carbocycles. The van der Waals surface area contributed by atoms with Crippen LogP contribution in [0.5, 0.6) is 0 Å². The fraction of sp³-hybridized carbons (Fsp3) is 0.125. The second kappa shape index (κ2) is 10.7. The summed E-state index contributed by atoms with van der Waals surface area (Å²) in [5, 5.41) is 7.06. The summed E-state index contributed by atoms with van der Waals surface area (Å²) in [6.45, 7) is 0.993. The lowest BCUT2D eigenvalue weighted by atomic mass is 10.2. The highest BCUT2D eigenvalue weighted by Crippen LogP contribution is 2.21. The number of hydrogen-bond donors (Lipinski definition) is 3. The number of para-hydroxylation sites is 1.